The van der Waals surface area contributed by atoms with Gasteiger partial charge in [-0.05, 0) is 35.4 Å². The Kier molecular flexibility index (Phi) is 4.73. The molecule has 106 valence electrons. The van der Waals surface area contributed by atoms with E-state index >= 15 is 0 Å². The third-order valence-corrected chi connectivity index (χ3v) is 3.87. The molecule has 0 amide bonds. The highest BCUT2D eigenvalue weighted by Crippen LogP contribution is 2.22. The number of esters is 1. The van der Waals surface area contributed by atoms with Crippen LogP contribution in [0.25, 0.3) is 0 Å². The summed E-state index contributed by atoms with van der Waals surface area (Å²) in [5.74, 6) is 0.389. The Balaban J connectivity index is 2.06. The van der Waals surface area contributed by atoms with Crippen LogP contribution in [0, 0.1) is 13.8 Å². The number of carbonyl (C=O) groups excluding carboxylic acids is 1. The van der Waals surface area contributed by atoms with Gasteiger partial charge < -0.3 is 4.74 Å². The van der Waals surface area contributed by atoms with E-state index in [0.717, 1.165) is 5.75 Å². The lowest BCUT2D eigenvalue weighted by atomic mass is 10.1. The van der Waals surface area contributed by atoms with Gasteiger partial charge in [0.15, 0.2) is 0 Å². The zero-order chi connectivity index (χ0) is 14.5. The highest BCUT2D eigenvalue weighted by atomic mass is 32.2. The molecule has 0 saturated carbocycles. The molecule has 0 radical (unpaired) electrons. The average Bonchev–Trinajstić information content (AvgIpc) is 2.87. The van der Waals surface area contributed by atoms with Gasteiger partial charge in [-0.25, -0.2) is 4.68 Å². The van der Waals surface area contributed by atoms with E-state index in [1.54, 1.807) is 0 Å². The Morgan fingerprint density at radius 3 is 2.95 bits per heavy atom. The van der Waals surface area contributed by atoms with Crippen LogP contribution in [0.3, 0.4) is 0 Å². The first-order chi connectivity index (χ1) is 9.60. The topological polar surface area (TPSA) is 69.9 Å². The van der Waals surface area contributed by atoms with E-state index in [1.165, 1.54) is 40.2 Å². The number of hydrogen-bond acceptors (Lipinski definition) is 6. The molecule has 0 bridgehead atoms. The molecular formula is C13H16N4O2S. The molecule has 2 rings (SSSR count). The van der Waals surface area contributed by atoms with Crippen LogP contribution < -0.4 is 0 Å². The van der Waals surface area contributed by atoms with Crippen molar-refractivity contribution in [2.45, 2.75) is 31.3 Å². The summed E-state index contributed by atoms with van der Waals surface area (Å²) >= 11 is 1.50. The SMILES string of the molecule is COC(=O)Cn1nnnc1SCc1cc(C)ccc1C. The Morgan fingerprint density at radius 2 is 2.20 bits per heavy atom. The summed E-state index contributed by atoms with van der Waals surface area (Å²) in [7, 11) is 1.34. The fraction of sp³-hybridized carbons (Fsp3) is 0.385. The van der Waals surface area contributed by atoms with Crippen molar-refractivity contribution in [2.24, 2.45) is 0 Å². The minimum atomic E-state index is -0.370. The number of ether oxygens (including phenoxy) is 1. The number of tetrazole rings is 1. The predicted octanol–water partition coefficient (Wildman–Crippen LogP) is 1.76. The normalized spacial score (nSPS) is 10.6. The van der Waals surface area contributed by atoms with Crippen LogP contribution in [-0.2, 0) is 21.8 Å². The highest BCUT2D eigenvalue weighted by Gasteiger charge is 2.11. The van der Waals surface area contributed by atoms with Crippen molar-refractivity contribution in [1.29, 1.82) is 0 Å². The van der Waals surface area contributed by atoms with Gasteiger partial charge >= 0.3 is 5.97 Å². The molecule has 20 heavy (non-hydrogen) atoms. The second kappa shape index (κ2) is 6.51. The Morgan fingerprint density at radius 1 is 1.40 bits per heavy atom. The third-order valence-electron chi connectivity index (χ3n) is 2.87. The maximum atomic E-state index is 11.3. The van der Waals surface area contributed by atoms with Gasteiger partial charge in [0.2, 0.25) is 5.16 Å². The van der Waals surface area contributed by atoms with Crippen LogP contribution in [0.5, 0.6) is 0 Å². The lowest BCUT2D eigenvalue weighted by Crippen LogP contribution is -2.13. The van der Waals surface area contributed by atoms with Crippen molar-refractivity contribution in [3.05, 3.63) is 34.9 Å². The second-order valence-electron chi connectivity index (χ2n) is 4.41. The number of thioether (sulfide) groups is 1. The first-order valence-electron chi connectivity index (χ1n) is 6.12. The quantitative estimate of drug-likeness (QED) is 0.618. The molecule has 0 N–H and O–H groups in total. The summed E-state index contributed by atoms with van der Waals surface area (Å²) < 4.78 is 6.06. The van der Waals surface area contributed by atoms with Crippen LogP contribution in [0.1, 0.15) is 16.7 Å². The molecule has 1 aromatic carbocycles. The van der Waals surface area contributed by atoms with E-state index in [2.05, 4.69) is 52.3 Å². The van der Waals surface area contributed by atoms with E-state index in [0.29, 0.717) is 5.16 Å². The van der Waals surface area contributed by atoms with Crippen LogP contribution in [0.4, 0.5) is 0 Å². The molecule has 6 nitrogen and oxygen atoms in total. The number of rotatable bonds is 5. The molecule has 0 aliphatic carbocycles. The summed E-state index contributed by atoms with van der Waals surface area (Å²) in [4.78, 5) is 11.3. The largest absolute Gasteiger partial charge is 0.468 e. The summed E-state index contributed by atoms with van der Waals surface area (Å²) in [6.07, 6.45) is 0. The fourth-order valence-electron chi connectivity index (χ4n) is 1.68. The van der Waals surface area contributed by atoms with Gasteiger partial charge in [-0.3, -0.25) is 4.79 Å². The lowest BCUT2D eigenvalue weighted by Gasteiger charge is -2.07. The Labute approximate surface area is 121 Å². The van der Waals surface area contributed by atoms with Gasteiger partial charge in [0, 0.05) is 5.75 Å². The van der Waals surface area contributed by atoms with E-state index in [-0.39, 0.29) is 12.5 Å². The zero-order valence-corrected chi connectivity index (χ0v) is 12.5. The predicted molar refractivity (Wildman–Crippen MR) is 75.3 cm³/mol. The molecule has 0 atom stereocenters. The maximum Gasteiger partial charge on any atom is 0.327 e. The first-order valence-corrected chi connectivity index (χ1v) is 7.10. The number of aryl methyl sites for hydroxylation is 2. The van der Waals surface area contributed by atoms with Crippen molar-refractivity contribution in [3.8, 4) is 0 Å². The van der Waals surface area contributed by atoms with E-state index < -0.39 is 0 Å². The lowest BCUT2D eigenvalue weighted by molar-refractivity contribution is -0.141. The van der Waals surface area contributed by atoms with Gasteiger partial charge in [-0.1, -0.05) is 35.5 Å². The van der Waals surface area contributed by atoms with Gasteiger partial charge in [-0.15, -0.1) is 5.10 Å². The molecule has 0 unspecified atom stereocenters. The number of benzene rings is 1. The van der Waals surface area contributed by atoms with Gasteiger partial charge in [-0.2, -0.15) is 0 Å². The smallest absolute Gasteiger partial charge is 0.327 e. The molecule has 2 aromatic rings. The Bertz CT molecular complexity index is 612. The summed E-state index contributed by atoms with van der Waals surface area (Å²) in [6.45, 7) is 4.17. The van der Waals surface area contributed by atoms with Crippen LogP contribution in [0.15, 0.2) is 23.4 Å². The third kappa shape index (κ3) is 3.57. The summed E-state index contributed by atoms with van der Waals surface area (Å²) in [5.41, 5.74) is 3.69. The fourth-order valence-corrected chi connectivity index (χ4v) is 2.62. The number of nitrogens with zero attached hydrogens (tertiary/aromatic N) is 4. The minimum absolute atomic E-state index is 0.0264. The summed E-state index contributed by atoms with van der Waals surface area (Å²) in [6, 6.07) is 6.34. The number of hydrogen-bond donors (Lipinski definition) is 0. The van der Waals surface area contributed by atoms with Gasteiger partial charge in [0.05, 0.1) is 7.11 Å². The minimum Gasteiger partial charge on any atom is -0.468 e. The van der Waals surface area contributed by atoms with E-state index in [9.17, 15) is 4.79 Å². The molecule has 0 aliphatic heterocycles. The number of aromatic nitrogens is 4. The standard InChI is InChI=1S/C13H16N4O2S/c1-9-4-5-10(2)11(6-9)8-20-13-14-15-16-17(13)7-12(18)19-3/h4-6H,7-8H2,1-3H3. The van der Waals surface area contributed by atoms with Crippen LogP contribution in [0.2, 0.25) is 0 Å². The molecule has 0 spiro atoms. The van der Waals surface area contributed by atoms with Crippen LogP contribution >= 0.6 is 11.8 Å². The molecule has 0 aliphatic rings. The molecule has 1 aromatic heterocycles. The molecule has 0 fully saturated rings. The highest BCUT2D eigenvalue weighted by molar-refractivity contribution is 7.98. The Hall–Kier alpha value is -1.89. The second-order valence-corrected chi connectivity index (χ2v) is 5.36. The van der Waals surface area contributed by atoms with Crippen molar-refractivity contribution in [1.82, 2.24) is 20.2 Å². The molecule has 0 saturated heterocycles. The molecule has 7 heteroatoms. The average molecular weight is 292 g/mol. The van der Waals surface area contributed by atoms with Crippen molar-refractivity contribution in [3.63, 3.8) is 0 Å². The van der Waals surface area contributed by atoms with Crippen molar-refractivity contribution in [2.75, 3.05) is 7.11 Å². The monoisotopic (exact) mass is 292 g/mol. The first kappa shape index (κ1) is 14.5. The maximum absolute atomic E-state index is 11.3. The van der Waals surface area contributed by atoms with E-state index in [1.807, 2.05) is 0 Å². The van der Waals surface area contributed by atoms with Crippen LogP contribution in [-0.4, -0.2) is 33.3 Å². The van der Waals surface area contributed by atoms with E-state index in [4.69, 9.17) is 0 Å². The van der Waals surface area contributed by atoms with Crippen molar-refractivity contribution >= 4 is 17.7 Å². The summed E-state index contributed by atoms with van der Waals surface area (Å²) in [5, 5.41) is 11.9. The van der Waals surface area contributed by atoms with Crippen molar-refractivity contribution < 1.29 is 9.53 Å². The zero-order valence-electron chi connectivity index (χ0n) is 11.7. The molecule has 1 heterocycles. The van der Waals surface area contributed by atoms with Gasteiger partial charge in [0.25, 0.3) is 0 Å². The van der Waals surface area contributed by atoms with Gasteiger partial charge in [0.1, 0.15) is 6.54 Å². The number of carbonyl (C=O) groups is 1. The molecular weight excluding hydrogens is 276 g/mol. The number of methoxy groups -OCH3 is 1.